The first kappa shape index (κ1) is 15.3. The van der Waals surface area contributed by atoms with Crippen LogP contribution in [0.5, 0.6) is 0 Å². The van der Waals surface area contributed by atoms with E-state index in [-0.39, 0.29) is 27.9 Å². The van der Waals surface area contributed by atoms with Gasteiger partial charge < -0.3 is 4.74 Å². The van der Waals surface area contributed by atoms with Crippen LogP contribution in [0.2, 0.25) is 0 Å². The van der Waals surface area contributed by atoms with Gasteiger partial charge in [-0.05, 0) is 11.6 Å². The number of ketones is 1. The lowest BCUT2D eigenvalue weighted by atomic mass is 9.98. The largest absolute Gasteiger partial charge is 0.465 e. The summed E-state index contributed by atoms with van der Waals surface area (Å²) in [4.78, 5) is 45.0. The Kier molecular flexibility index (Phi) is 3.33. The summed E-state index contributed by atoms with van der Waals surface area (Å²) >= 11 is 0. The monoisotopic (exact) mass is 328 g/mol. The second kappa shape index (κ2) is 5.23. The fourth-order valence-electron chi connectivity index (χ4n) is 2.67. The van der Waals surface area contributed by atoms with E-state index in [0.717, 1.165) is 25.3 Å². The molecule has 0 aliphatic heterocycles. The predicted octanol–water partition coefficient (Wildman–Crippen LogP) is 2.50. The molecule has 0 saturated heterocycles. The molecule has 0 atom stereocenters. The van der Waals surface area contributed by atoms with Crippen LogP contribution < -0.4 is 0 Å². The van der Waals surface area contributed by atoms with E-state index in [9.17, 15) is 29.8 Å². The molecule has 9 heteroatoms. The first-order valence-electron chi connectivity index (χ1n) is 6.59. The van der Waals surface area contributed by atoms with Crippen molar-refractivity contribution in [1.82, 2.24) is 0 Å². The van der Waals surface area contributed by atoms with Crippen molar-refractivity contribution < 1.29 is 24.2 Å². The molecule has 0 saturated carbocycles. The number of nitro groups is 2. The molecule has 0 N–H and O–H groups in total. The van der Waals surface area contributed by atoms with E-state index in [1.54, 1.807) is 0 Å². The van der Waals surface area contributed by atoms with Crippen molar-refractivity contribution in [2.45, 2.75) is 0 Å². The molecule has 1 aliphatic rings. The van der Waals surface area contributed by atoms with Crippen LogP contribution in [0.1, 0.15) is 26.3 Å². The number of esters is 1. The molecule has 0 fully saturated rings. The first-order valence-corrected chi connectivity index (χ1v) is 6.59. The topological polar surface area (TPSA) is 130 Å². The quantitative estimate of drug-likeness (QED) is 0.410. The minimum atomic E-state index is -0.839. The number of ether oxygens (including phenoxy) is 1. The van der Waals surface area contributed by atoms with E-state index in [1.165, 1.54) is 12.1 Å². The van der Waals surface area contributed by atoms with Crippen LogP contribution in [0, 0.1) is 20.2 Å². The standard InChI is InChI=1S/C15H8N2O7/c1-24-15(19)12-6-8(17(22)23)5-11-13(12)9-3-2-7(16(20)21)4-10(9)14(11)18/h2-6H,1H3. The lowest BCUT2D eigenvalue weighted by Crippen LogP contribution is -2.06. The van der Waals surface area contributed by atoms with Crippen molar-refractivity contribution in [2.24, 2.45) is 0 Å². The normalized spacial score (nSPS) is 11.6. The van der Waals surface area contributed by atoms with E-state index in [4.69, 9.17) is 0 Å². The molecule has 0 unspecified atom stereocenters. The maximum atomic E-state index is 12.5. The Labute approximate surface area is 133 Å². The molecular weight excluding hydrogens is 320 g/mol. The second-order valence-electron chi connectivity index (χ2n) is 4.98. The van der Waals surface area contributed by atoms with Crippen LogP contribution in [0.3, 0.4) is 0 Å². The van der Waals surface area contributed by atoms with Crippen molar-refractivity contribution >= 4 is 23.1 Å². The molecule has 24 heavy (non-hydrogen) atoms. The van der Waals surface area contributed by atoms with E-state index in [1.807, 2.05) is 0 Å². The summed E-state index contributed by atoms with van der Waals surface area (Å²) in [7, 11) is 1.11. The summed E-state index contributed by atoms with van der Waals surface area (Å²) in [6.45, 7) is 0. The summed E-state index contributed by atoms with van der Waals surface area (Å²) < 4.78 is 4.63. The predicted molar refractivity (Wildman–Crippen MR) is 80.0 cm³/mol. The van der Waals surface area contributed by atoms with Gasteiger partial charge in [0.1, 0.15) is 0 Å². The number of carbonyl (C=O) groups excluding carboxylic acids is 2. The van der Waals surface area contributed by atoms with E-state index in [0.29, 0.717) is 5.56 Å². The van der Waals surface area contributed by atoms with Gasteiger partial charge in [-0.15, -0.1) is 0 Å². The van der Waals surface area contributed by atoms with Crippen molar-refractivity contribution in [1.29, 1.82) is 0 Å². The van der Waals surface area contributed by atoms with Gasteiger partial charge in [0.2, 0.25) is 0 Å². The average molecular weight is 328 g/mol. The molecule has 1 aliphatic carbocycles. The van der Waals surface area contributed by atoms with Crippen molar-refractivity contribution in [2.75, 3.05) is 7.11 Å². The summed E-state index contributed by atoms with van der Waals surface area (Å²) in [5.41, 5.74) is -0.417. The molecule has 0 radical (unpaired) electrons. The van der Waals surface area contributed by atoms with Gasteiger partial charge >= 0.3 is 5.97 Å². The third-order valence-electron chi connectivity index (χ3n) is 3.71. The summed E-state index contributed by atoms with van der Waals surface area (Å²) in [6.07, 6.45) is 0. The zero-order chi connectivity index (χ0) is 17.6. The first-order chi connectivity index (χ1) is 11.3. The summed E-state index contributed by atoms with van der Waals surface area (Å²) in [5, 5.41) is 21.9. The lowest BCUT2D eigenvalue weighted by molar-refractivity contribution is -0.385. The second-order valence-corrected chi connectivity index (χ2v) is 4.98. The average Bonchev–Trinajstić information content (AvgIpc) is 2.85. The molecule has 0 spiro atoms. The Hall–Kier alpha value is -3.62. The molecule has 3 rings (SSSR count). The number of hydrogen-bond acceptors (Lipinski definition) is 7. The van der Waals surface area contributed by atoms with Gasteiger partial charge in [0.25, 0.3) is 11.4 Å². The number of fused-ring (bicyclic) bond motifs is 3. The highest BCUT2D eigenvalue weighted by molar-refractivity contribution is 6.24. The molecule has 0 amide bonds. The molecule has 2 aromatic carbocycles. The number of benzene rings is 2. The SMILES string of the molecule is COC(=O)c1cc([N+](=O)[O-])cc2c1-c1ccc([N+](=O)[O-])cc1C2=O. The minimum Gasteiger partial charge on any atom is -0.465 e. The van der Waals surface area contributed by atoms with Crippen LogP contribution in [0.15, 0.2) is 30.3 Å². The van der Waals surface area contributed by atoms with Crippen LogP contribution in [-0.4, -0.2) is 28.7 Å². The van der Waals surface area contributed by atoms with Crippen molar-refractivity contribution in [3.05, 3.63) is 67.3 Å². The smallest absolute Gasteiger partial charge is 0.338 e. The molecular formula is C15H8N2O7. The van der Waals surface area contributed by atoms with Gasteiger partial charge in [0.05, 0.1) is 22.5 Å². The Bertz CT molecular complexity index is 949. The number of nitro benzene ring substituents is 2. The van der Waals surface area contributed by atoms with Gasteiger partial charge in [-0.3, -0.25) is 25.0 Å². The molecule has 0 heterocycles. The molecule has 2 aromatic rings. The number of non-ortho nitro benzene ring substituents is 2. The third kappa shape index (κ3) is 2.10. The van der Waals surface area contributed by atoms with E-state index >= 15 is 0 Å². The fraction of sp³-hybridized carbons (Fsp3) is 0.0667. The van der Waals surface area contributed by atoms with Gasteiger partial charge in [0, 0.05) is 41.0 Å². The Morgan fingerprint density at radius 1 is 0.958 bits per heavy atom. The fourth-order valence-corrected chi connectivity index (χ4v) is 2.67. The van der Waals surface area contributed by atoms with Gasteiger partial charge in [-0.1, -0.05) is 0 Å². The highest BCUT2D eigenvalue weighted by Gasteiger charge is 2.34. The number of nitrogens with zero attached hydrogens (tertiary/aromatic N) is 2. The van der Waals surface area contributed by atoms with E-state index < -0.39 is 27.3 Å². The number of carbonyl (C=O) groups is 2. The summed E-state index contributed by atoms with van der Waals surface area (Å²) in [5.74, 6) is -1.45. The van der Waals surface area contributed by atoms with Gasteiger partial charge in [0.15, 0.2) is 5.78 Å². The number of rotatable bonds is 3. The number of hydrogen-bond donors (Lipinski definition) is 0. The van der Waals surface area contributed by atoms with Crippen LogP contribution >= 0.6 is 0 Å². The zero-order valence-electron chi connectivity index (χ0n) is 12.1. The number of methoxy groups -OCH3 is 1. The molecule has 120 valence electrons. The maximum Gasteiger partial charge on any atom is 0.338 e. The zero-order valence-corrected chi connectivity index (χ0v) is 12.1. The highest BCUT2D eigenvalue weighted by Crippen LogP contribution is 2.42. The van der Waals surface area contributed by atoms with Crippen LogP contribution in [0.4, 0.5) is 11.4 Å². The van der Waals surface area contributed by atoms with E-state index in [2.05, 4.69) is 4.74 Å². The minimum absolute atomic E-state index is 0.0184. The lowest BCUT2D eigenvalue weighted by Gasteiger charge is -2.07. The molecule has 0 aromatic heterocycles. The summed E-state index contributed by atoms with van der Waals surface area (Å²) in [6, 6.07) is 5.70. The van der Waals surface area contributed by atoms with Crippen molar-refractivity contribution in [3.63, 3.8) is 0 Å². The van der Waals surface area contributed by atoms with Crippen molar-refractivity contribution in [3.8, 4) is 11.1 Å². The molecule has 0 bridgehead atoms. The molecule has 9 nitrogen and oxygen atoms in total. The van der Waals surface area contributed by atoms with Gasteiger partial charge in [-0.25, -0.2) is 4.79 Å². The third-order valence-corrected chi connectivity index (χ3v) is 3.71. The highest BCUT2D eigenvalue weighted by atomic mass is 16.6. The Balaban J connectivity index is 2.33. The maximum absolute atomic E-state index is 12.5. The Morgan fingerprint density at radius 3 is 2.17 bits per heavy atom. The van der Waals surface area contributed by atoms with Crippen LogP contribution in [-0.2, 0) is 4.74 Å². The van der Waals surface area contributed by atoms with Gasteiger partial charge in [-0.2, -0.15) is 0 Å². The Morgan fingerprint density at radius 2 is 1.58 bits per heavy atom. The van der Waals surface area contributed by atoms with Crippen LogP contribution in [0.25, 0.3) is 11.1 Å².